The fraction of sp³-hybridized carbons (Fsp3) is 0.361. The van der Waals surface area contributed by atoms with Gasteiger partial charge in [-0.1, -0.05) is 49.6 Å². The molecule has 0 saturated heterocycles. The van der Waals surface area contributed by atoms with E-state index in [0.717, 1.165) is 94.1 Å². The number of hydrogen-bond acceptors (Lipinski definition) is 9. The molecule has 0 bridgehead atoms. The van der Waals surface area contributed by atoms with Gasteiger partial charge in [0, 0.05) is 10.7 Å². The smallest absolute Gasteiger partial charge is 1.00 e. The van der Waals surface area contributed by atoms with Gasteiger partial charge in [0.1, 0.15) is 0 Å². The van der Waals surface area contributed by atoms with Crippen molar-refractivity contribution in [1.29, 1.82) is 0 Å². The van der Waals surface area contributed by atoms with Crippen LogP contribution in [-0.4, -0.2) is 93.1 Å². The van der Waals surface area contributed by atoms with E-state index in [4.69, 9.17) is 0 Å². The Hall–Kier alpha value is -6.55. The third-order valence-electron chi connectivity index (χ3n) is 24.5. The SMILES string of the molecule is BrCCCCBr.Cc1cc(C)c(C)c(C)c1.Cc1cc(C)c([C](=O)[GeH2-]([C](=O)c2c(C)cc(C)cc2C)[C](=O)c2c(C)cc(C)cc2C)c(C)c1.Cc1cc(C)c([C](=O)[Ge]([CH2]CC[CH2][Ge]([C](=O)c2c(C)cc(C)cc2C)([C](=O)c2c(C)cc(C)cc2C)[C](=O)c2c(C)cc(C)cc2C)([C](=O)c2c(C)cc(C)cc2C)[C](=O)c2c(C)cc(C)cc2C)c(C)c1.[K+]. The van der Waals surface area contributed by atoms with Gasteiger partial charge in [-0.25, -0.2) is 0 Å². The van der Waals surface area contributed by atoms with E-state index in [-0.39, 0.29) is 88.6 Å². The van der Waals surface area contributed by atoms with Crippen molar-refractivity contribution in [2.45, 2.75) is 251 Å². The van der Waals surface area contributed by atoms with Gasteiger partial charge < -0.3 is 0 Å². The second kappa shape index (κ2) is 44.9. The van der Waals surface area contributed by atoms with E-state index < -0.39 is 68.6 Å². The first kappa shape index (κ1) is 105. The van der Waals surface area contributed by atoms with Crippen molar-refractivity contribution >= 4 is 114 Å². The number of alkyl halides is 2. The van der Waals surface area contributed by atoms with E-state index in [1.54, 1.807) is 0 Å². The van der Waals surface area contributed by atoms with Gasteiger partial charge in [0.05, 0.1) is 0 Å². The summed E-state index contributed by atoms with van der Waals surface area (Å²) in [6.07, 6.45) is 2.88. The van der Waals surface area contributed by atoms with Crippen LogP contribution in [0.4, 0.5) is 0 Å². The molecule has 10 rings (SSSR count). The molecule has 0 N–H and O–H groups in total. The molecule has 0 fully saturated rings. The number of unbranched alkanes of at least 4 members (excludes halogenated alkanes) is 2. The van der Waals surface area contributed by atoms with Gasteiger partial charge in [-0.15, -0.1) is 0 Å². The summed E-state index contributed by atoms with van der Waals surface area (Å²) in [5.74, 6) is 0. The molecule has 123 heavy (non-hydrogen) atoms. The molecule has 0 spiro atoms. The predicted molar refractivity (Wildman–Crippen MR) is 526 cm³/mol. The van der Waals surface area contributed by atoms with Crippen LogP contribution in [0.2, 0.25) is 10.5 Å². The van der Waals surface area contributed by atoms with Crippen LogP contribution in [0, 0.1) is 215 Å². The number of benzene rings is 10. The first-order valence-corrected chi connectivity index (χ1v) is 58.9. The Morgan fingerprint density at radius 1 is 0.203 bits per heavy atom. The zero-order valence-corrected chi connectivity index (χ0v) is 93.3. The Bertz CT molecular complexity index is 4900. The van der Waals surface area contributed by atoms with Crippen LogP contribution < -0.4 is 51.4 Å². The number of halogens is 2. The summed E-state index contributed by atoms with van der Waals surface area (Å²) in [7, 11) is 0. The van der Waals surface area contributed by atoms with E-state index in [0.29, 0.717) is 117 Å². The molecule has 10 aromatic carbocycles. The monoisotopic (exact) mass is 1990 g/mol. The molecule has 9 nitrogen and oxygen atoms in total. The molecule has 0 atom stereocenters. The Morgan fingerprint density at radius 3 is 0.455 bits per heavy atom. The topological polar surface area (TPSA) is 154 Å². The molecule has 0 aromatic heterocycles. The Kier molecular flexibility index (Phi) is 38.4. The van der Waals surface area contributed by atoms with Crippen LogP contribution in [-0.2, 0) is 0 Å². The van der Waals surface area contributed by atoms with Crippen LogP contribution in [0.5, 0.6) is 0 Å². The minimum absolute atomic E-state index is 0. The first-order valence-electron chi connectivity index (χ1n) is 42.9. The van der Waals surface area contributed by atoms with Crippen LogP contribution in [0.3, 0.4) is 0 Å². The van der Waals surface area contributed by atoms with Crippen molar-refractivity contribution < 1.29 is 94.5 Å². The number of carbonyl (C=O) groups is 9. The largest absolute Gasteiger partial charge is 1.00 e. The van der Waals surface area contributed by atoms with E-state index in [1.165, 1.54) is 35.1 Å². The molecular formula is C108H131Br2Ge3KO9. The second-order valence-electron chi connectivity index (χ2n) is 35.9. The molecule has 0 heterocycles. The molecule has 0 aliphatic carbocycles. The minimum Gasteiger partial charge on any atom is 1.00 e. The summed E-state index contributed by atoms with van der Waals surface area (Å²) in [6.45, 7) is 60.4. The maximum atomic E-state index is 16.3. The second-order valence-corrected chi connectivity index (χ2v) is 59.1. The molecule has 0 amide bonds. The van der Waals surface area contributed by atoms with Crippen molar-refractivity contribution in [3.05, 3.63) is 344 Å². The molecule has 0 saturated carbocycles. The van der Waals surface area contributed by atoms with Crippen molar-refractivity contribution in [2.24, 2.45) is 0 Å². The molecule has 0 aliphatic rings. The van der Waals surface area contributed by atoms with Crippen LogP contribution in [0.1, 0.15) is 291 Å². The average molecular weight is 1990 g/mol. The summed E-state index contributed by atoms with van der Waals surface area (Å²) < 4.78 is -3.00. The average Bonchev–Trinajstić information content (AvgIpc) is 0.731. The minimum atomic E-state index is -5.50. The van der Waals surface area contributed by atoms with E-state index in [1.807, 2.05) is 296 Å². The summed E-state index contributed by atoms with van der Waals surface area (Å²) >= 11 is -8.61. The quantitative estimate of drug-likeness (QED) is 0.0293. The summed E-state index contributed by atoms with van der Waals surface area (Å²) in [4.78, 5) is 140. The molecule has 15 heteroatoms. The summed E-state index contributed by atoms with van der Waals surface area (Å²) in [5.41, 5.74) is 32.1. The van der Waals surface area contributed by atoms with Gasteiger partial charge in [-0.3, -0.25) is 0 Å². The number of rotatable bonds is 26. The number of carbonyl (C=O) groups excluding carboxylic acids is 9. The Labute approximate surface area is 805 Å². The van der Waals surface area contributed by atoms with Gasteiger partial charge in [0.15, 0.2) is 0 Å². The molecular weight excluding hydrogens is 1860 g/mol. The van der Waals surface area contributed by atoms with E-state index in [2.05, 4.69) is 71.7 Å². The van der Waals surface area contributed by atoms with Gasteiger partial charge in [-0.05, 0) is 57.2 Å². The summed E-state index contributed by atoms with van der Waals surface area (Å²) in [5, 5.41) is 2.20. The molecule has 0 aliphatic heterocycles. The Balaban J connectivity index is 0.000000374. The summed E-state index contributed by atoms with van der Waals surface area (Å²) in [6, 6.07) is 39.5. The van der Waals surface area contributed by atoms with E-state index in [9.17, 15) is 14.4 Å². The first-order chi connectivity index (χ1) is 56.9. The van der Waals surface area contributed by atoms with Gasteiger partial charge in [-0.2, -0.15) is 0 Å². The van der Waals surface area contributed by atoms with Crippen LogP contribution in [0.25, 0.3) is 0 Å². The Morgan fingerprint density at radius 2 is 0.325 bits per heavy atom. The molecule has 0 radical (unpaired) electrons. The van der Waals surface area contributed by atoms with Crippen molar-refractivity contribution in [3.63, 3.8) is 0 Å². The fourth-order valence-corrected chi connectivity index (χ4v) is 47.3. The van der Waals surface area contributed by atoms with Gasteiger partial charge in [0.2, 0.25) is 0 Å². The van der Waals surface area contributed by atoms with Crippen molar-refractivity contribution in [2.75, 3.05) is 10.7 Å². The maximum absolute atomic E-state index is 16.3. The van der Waals surface area contributed by atoms with Gasteiger partial charge >= 0.3 is 697 Å². The van der Waals surface area contributed by atoms with Crippen molar-refractivity contribution in [1.82, 2.24) is 0 Å². The molecule has 10 aromatic rings. The van der Waals surface area contributed by atoms with E-state index >= 15 is 28.8 Å². The number of hydrogen-bond donors (Lipinski definition) is 0. The zero-order valence-electron chi connectivity index (χ0n) is 79.8. The number of aryl methyl sites for hydroxylation is 30. The normalized spacial score (nSPS) is 11.3. The maximum Gasteiger partial charge on any atom is 1.00 e. The third-order valence-corrected chi connectivity index (χ3v) is 49.4. The fourth-order valence-electron chi connectivity index (χ4n) is 19.9. The molecule has 644 valence electrons. The van der Waals surface area contributed by atoms with Gasteiger partial charge in [0.25, 0.3) is 0 Å². The molecule has 0 unspecified atom stereocenters. The predicted octanol–water partition coefficient (Wildman–Crippen LogP) is 23.2. The van der Waals surface area contributed by atoms with Crippen LogP contribution in [0.15, 0.2) is 121 Å². The van der Waals surface area contributed by atoms with Crippen LogP contribution >= 0.6 is 31.9 Å². The van der Waals surface area contributed by atoms with Crippen molar-refractivity contribution in [3.8, 4) is 0 Å². The zero-order chi connectivity index (χ0) is 91.7. The third kappa shape index (κ3) is 23.9. The standard InChI is InChI=1S/C64H74Ge2O6.C30H35GeO3.C10H14.C4H8Br2.K/c1-35-23-41(7)53(42(8)24-35)59(67)65(60(68)54-43(9)25-36(2)26-44(54)10,61(69)55-45(11)27-37(3)28-46(55)12)21-19-20-22-66(62(70)56-47(13)29-38(4)30-48(56)14,63(71)57-49(15)31-39(5)32-50(57)16)64(72)58-51(17)33-40(6)34-52(58)18;1-16-10-19(4)25(20(5)11-16)28(32)31(29(33)26-21(6)12-17(2)13-22(26)7)30(34)27-23(8)14-18(3)15-24(27)9;1-7-5-8(2)10(4)9(3)6-7;5-3-1-2-4-6;/h23-34H,19-22H2,1-18H3;10-15H,31H2,1-9H3;5-6H,1-4H3;1-4H2;/q;-1;;;+1.